The largest absolute Gasteiger partial charge is 0.502 e. The minimum absolute atomic E-state index is 0.0100. The fourth-order valence-electron chi connectivity index (χ4n) is 4.63. The Morgan fingerprint density at radius 2 is 1.79 bits per heavy atom. The molecule has 2 aromatic rings. The number of methoxy groups -OCH3 is 3. The number of ether oxygens (including phenoxy) is 3. The lowest BCUT2D eigenvalue weighted by Gasteiger charge is -2.40. The normalized spacial score (nSPS) is 17.3. The maximum Gasteiger partial charge on any atom is 0.318 e. The number of likely N-dealkylation sites (N-methyl/N-ethyl adjacent to an activating group) is 1. The molecule has 0 spiro atoms. The van der Waals surface area contributed by atoms with E-state index in [-0.39, 0.29) is 29.0 Å². The third kappa shape index (κ3) is 2.50. The van der Waals surface area contributed by atoms with E-state index in [9.17, 15) is 20.3 Å². The number of nitro groups is 1. The predicted octanol–water partition coefficient (Wildman–Crippen LogP) is 2.78. The van der Waals surface area contributed by atoms with Gasteiger partial charge in [-0.3, -0.25) is 15.0 Å². The van der Waals surface area contributed by atoms with Gasteiger partial charge in [0.25, 0.3) is 0 Å². The maximum absolute atomic E-state index is 11.8. The fraction of sp³-hybridized carbons (Fsp3) is 0.400. The van der Waals surface area contributed by atoms with Crippen molar-refractivity contribution in [1.29, 1.82) is 0 Å². The Balaban J connectivity index is 2.18. The van der Waals surface area contributed by atoms with Crippen LogP contribution in [0.5, 0.6) is 28.7 Å². The molecule has 154 valence electrons. The quantitative estimate of drug-likeness (QED) is 0.593. The molecular formula is C20H22N2O7. The van der Waals surface area contributed by atoms with Gasteiger partial charge in [0.2, 0.25) is 11.5 Å². The number of fused-ring (bicyclic) bond motifs is 2. The molecule has 0 saturated heterocycles. The van der Waals surface area contributed by atoms with Gasteiger partial charge in [0.15, 0.2) is 17.2 Å². The van der Waals surface area contributed by atoms with E-state index in [1.165, 1.54) is 21.3 Å². The maximum atomic E-state index is 11.8. The first-order valence-corrected chi connectivity index (χ1v) is 9.13. The molecule has 29 heavy (non-hydrogen) atoms. The van der Waals surface area contributed by atoms with Gasteiger partial charge in [0, 0.05) is 29.3 Å². The average Bonchev–Trinajstić information content (AvgIpc) is 2.69. The van der Waals surface area contributed by atoms with Gasteiger partial charge in [-0.2, -0.15) is 0 Å². The molecule has 0 saturated carbocycles. The van der Waals surface area contributed by atoms with Crippen molar-refractivity contribution in [3.05, 3.63) is 32.9 Å². The van der Waals surface area contributed by atoms with E-state index in [0.717, 1.165) is 11.1 Å². The average molecular weight is 402 g/mol. The number of hydrogen-bond acceptors (Lipinski definition) is 8. The molecule has 9 heteroatoms. The Hall–Kier alpha value is -3.20. The first-order valence-electron chi connectivity index (χ1n) is 9.13. The zero-order chi connectivity index (χ0) is 21.0. The van der Waals surface area contributed by atoms with Gasteiger partial charge in [-0.25, -0.2) is 0 Å². The van der Waals surface area contributed by atoms with Gasteiger partial charge in [-0.05, 0) is 37.1 Å². The van der Waals surface area contributed by atoms with Crippen LogP contribution in [0.3, 0.4) is 0 Å². The minimum atomic E-state index is -0.596. The number of nitrogens with zero attached hydrogens (tertiary/aromatic N) is 2. The van der Waals surface area contributed by atoms with Crippen molar-refractivity contribution < 1.29 is 29.3 Å². The smallest absolute Gasteiger partial charge is 0.318 e. The second kappa shape index (κ2) is 6.70. The first-order chi connectivity index (χ1) is 13.8. The second-order valence-corrected chi connectivity index (χ2v) is 7.19. The van der Waals surface area contributed by atoms with Crippen LogP contribution in [-0.2, 0) is 12.8 Å². The number of benzene rings is 2. The van der Waals surface area contributed by atoms with Crippen LogP contribution in [0.25, 0.3) is 11.1 Å². The van der Waals surface area contributed by atoms with Gasteiger partial charge in [-0.15, -0.1) is 0 Å². The summed E-state index contributed by atoms with van der Waals surface area (Å²) in [5.74, 6) is -0.111. The molecule has 0 amide bonds. The van der Waals surface area contributed by atoms with Crippen LogP contribution in [-0.4, -0.2) is 55.0 Å². The number of phenols is 2. The van der Waals surface area contributed by atoms with Gasteiger partial charge in [-0.1, -0.05) is 0 Å². The van der Waals surface area contributed by atoms with Crippen molar-refractivity contribution in [2.24, 2.45) is 0 Å². The highest BCUT2D eigenvalue weighted by atomic mass is 16.6. The molecule has 4 rings (SSSR count). The van der Waals surface area contributed by atoms with Crippen LogP contribution in [0.15, 0.2) is 6.07 Å². The van der Waals surface area contributed by atoms with Crippen molar-refractivity contribution in [2.75, 3.05) is 34.9 Å². The number of rotatable bonds is 4. The molecule has 0 fully saturated rings. The monoisotopic (exact) mass is 402 g/mol. The zero-order valence-corrected chi connectivity index (χ0v) is 16.6. The Bertz CT molecular complexity index is 1030. The van der Waals surface area contributed by atoms with E-state index in [1.807, 2.05) is 7.05 Å². The second-order valence-electron chi connectivity index (χ2n) is 7.19. The van der Waals surface area contributed by atoms with Crippen LogP contribution in [0.2, 0.25) is 0 Å². The highest BCUT2D eigenvalue weighted by Crippen LogP contribution is 2.59. The summed E-state index contributed by atoms with van der Waals surface area (Å²) >= 11 is 0. The van der Waals surface area contributed by atoms with E-state index >= 15 is 0 Å². The van der Waals surface area contributed by atoms with E-state index in [4.69, 9.17) is 14.2 Å². The molecule has 1 atom stereocenters. The molecule has 0 bridgehead atoms. The Labute approximate surface area is 167 Å². The summed E-state index contributed by atoms with van der Waals surface area (Å²) in [7, 11) is 6.21. The molecule has 1 aliphatic carbocycles. The van der Waals surface area contributed by atoms with Crippen LogP contribution in [0, 0.1) is 10.1 Å². The standard InChI is InChI=1S/C20H22N2O7/c1-21-6-5-9-14-12(21)7-11-10(8-13(27-2)17(23)16(11)22(25)26)15(14)20(29-4)18(24)19(9)28-3/h8,12,23-24H,5-7H2,1-4H3. The molecule has 1 aliphatic heterocycles. The number of hydrogen-bond donors (Lipinski definition) is 2. The Morgan fingerprint density at radius 3 is 2.38 bits per heavy atom. The Morgan fingerprint density at radius 1 is 1.10 bits per heavy atom. The molecule has 2 N–H and O–H groups in total. The van der Waals surface area contributed by atoms with Crippen molar-refractivity contribution in [1.82, 2.24) is 4.90 Å². The summed E-state index contributed by atoms with van der Waals surface area (Å²) in [6, 6.07) is 1.38. The summed E-state index contributed by atoms with van der Waals surface area (Å²) in [4.78, 5) is 13.3. The van der Waals surface area contributed by atoms with Gasteiger partial charge in [0.1, 0.15) is 0 Å². The van der Waals surface area contributed by atoms with E-state index in [2.05, 4.69) is 4.90 Å². The molecule has 9 nitrogen and oxygen atoms in total. The predicted molar refractivity (Wildman–Crippen MR) is 104 cm³/mol. The van der Waals surface area contributed by atoms with Crippen molar-refractivity contribution in [3.63, 3.8) is 0 Å². The zero-order valence-electron chi connectivity index (χ0n) is 16.6. The van der Waals surface area contributed by atoms with E-state index in [1.54, 1.807) is 6.07 Å². The van der Waals surface area contributed by atoms with Gasteiger partial charge in [0.05, 0.1) is 26.3 Å². The van der Waals surface area contributed by atoms with Crippen LogP contribution >= 0.6 is 0 Å². The molecule has 2 aliphatic rings. The first kappa shape index (κ1) is 19.1. The topological polar surface area (TPSA) is 115 Å². The van der Waals surface area contributed by atoms with Crippen LogP contribution in [0.4, 0.5) is 5.69 Å². The lowest BCUT2D eigenvalue weighted by atomic mass is 9.75. The number of nitro benzene ring substituents is 1. The molecule has 2 aromatic carbocycles. The summed E-state index contributed by atoms with van der Waals surface area (Å²) in [6.07, 6.45) is 0.986. The van der Waals surface area contributed by atoms with Gasteiger partial charge < -0.3 is 24.4 Å². The van der Waals surface area contributed by atoms with Crippen LogP contribution < -0.4 is 14.2 Å². The fourth-order valence-corrected chi connectivity index (χ4v) is 4.63. The summed E-state index contributed by atoms with van der Waals surface area (Å²) in [5, 5.41) is 33.1. The molecular weight excluding hydrogens is 380 g/mol. The van der Waals surface area contributed by atoms with Crippen molar-refractivity contribution >= 4 is 5.69 Å². The number of aromatic hydroxyl groups is 2. The lowest BCUT2D eigenvalue weighted by Crippen LogP contribution is -2.36. The SMILES string of the molecule is COc1cc2c(c([N+](=O)[O-])c1O)CC1c3c(c(OC)c(O)c(OC)c3-2)CCN1C. The summed E-state index contributed by atoms with van der Waals surface area (Å²) in [5.41, 5.74) is 2.85. The Kier molecular flexibility index (Phi) is 4.42. The summed E-state index contributed by atoms with van der Waals surface area (Å²) in [6.45, 7) is 0.699. The molecule has 1 heterocycles. The minimum Gasteiger partial charge on any atom is -0.502 e. The van der Waals surface area contributed by atoms with E-state index < -0.39 is 10.7 Å². The van der Waals surface area contributed by atoms with Crippen molar-refractivity contribution in [3.8, 4) is 39.9 Å². The van der Waals surface area contributed by atoms with E-state index in [0.29, 0.717) is 41.8 Å². The molecule has 1 unspecified atom stereocenters. The third-order valence-corrected chi connectivity index (χ3v) is 5.93. The third-order valence-electron chi connectivity index (χ3n) is 5.93. The highest BCUT2D eigenvalue weighted by molar-refractivity contribution is 5.89. The molecule has 0 aromatic heterocycles. The van der Waals surface area contributed by atoms with Gasteiger partial charge >= 0.3 is 5.69 Å². The van der Waals surface area contributed by atoms with Crippen molar-refractivity contribution in [2.45, 2.75) is 18.9 Å². The highest BCUT2D eigenvalue weighted by Gasteiger charge is 2.42. The van der Waals surface area contributed by atoms with Crippen LogP contribution in [0.1, 0.15) is 22.7 Å². The summed E-state index contributed by atoms with van der Waals surface area (Å²) < 4.78 is 16.2. The molecule has 0 radical (unpaired) electrons. The number of phenolic OH excluding ortho intramolecular Hbond substituents is 2. The lowest BCUT2D eigenvalue weighted by molar-refractivity contribution is -0.386.